The van der Waals surface area contributed by atoms with E-state index in [0.717, 1.165) is 25.0 Å². The van der Waals surface area contributed by atoms with Crippen LogP contribution in [0.1, 0.15) is 45.4 Å². The van der Waals surface area contributed by atoms with Crippen LogP contribution in [0.3, 0.4) is 0 Å². The van der Waals surface area contributed by atoms with Crippen LogP contribution in [0.2, 0.25) is 0 Å². The van der Waals surface area contributed by atoms with Gasteiger partial charge in [0.05, 0.1) is 5.41 Å². The molecule has 162 valence electrons. The van der Waals surface area contributed by atoms with Gasteiger partial charge in [-0.2, -0.15) is 0 Å². The van der Waals surface area contributed by atoms with Gasteiger partial charge in [-0.15, -0.1) is 0 Å². The number of amides is 1. The second-order valence-electron chi connectivity index (χ2n) is 9.67. The maximum Gasteiger partial charge on any atom is 0.312 e. The molecule has 0 heterocycles. The van der Waals surface area contributed by atoms with Crippen LogP contribution in [0.25, 0.3) is 0 Å². The fraction of sp³-hybridized carbons (Fsp3) is 0.462. The third-order valence-corrected chi connectivity index (χ3v) is 7.23. The molecule has 4 bridgehead atoms. The zero-order chi connectivity index (χ0) is 21.4. The maximum atomic E-state index is 13.1. The molecule has 31 heavy (non-hydrogen) atoms. The molecule has 1 amide bonds. The normalized spacial score (nSPS) is 29.3. The SMILES string of the molecule is C[C@@H](OC(=O)C12CC3CC(CC(C3)C1)C2)C(=O)Nc1ccc(Oc2ccccc2)cc1. The summed E-state index contributed by atoms with van der Waals surface area (Å²) in [5.41, 5.74) is 0.294. The van der Waals surface area contributed by atoms with Gasteiger partial charge in [-0.05, 0) is 99.6 Å². The number of nitrogens with one attached hydrogen (secondary N) is 1. The molecule has 2 aromatic carbocycles. The van der Waals surface area contributed by atoms with Crippen LogP contribution in [-0.2, 0) is 14.3 Å². The largest absolute Gasteiger partial charge is 0.457 e. The van der Waals surface area contributed by atoms with Crippen LogP contribution in [0.4, 0.5) is 5.69 Å². The lowest BCUT2D eigenvalue weighted by Gasteiger charge is -2.55. The number of para-hydroxylation sites is 1. The van der Waals surface area contributed by atoms with Gasteiger partial charge in [-0.3, -0.25) is 9.59 Å². The molecule has 0 aliphatic heterocycles. The molecule has 0 radical (unpaired) electrons. The van der Waals surface area contributed by atoms with Crippen molar-refractivity contribution < 1.29 is 19.1 Å². The topological polar surface area (TPSA) is 64.6 Å². The van der Waals surface area contributed by atoms with E-state index in [2.05, 4.69) is 5.32 Å². The minimum atomic E-state index is -0.819. The second-order valence-corrected chi connectivity index (χ2v) is 9.67. The van der Waals surface area contributed by atoms with Gasteiger partial charge >= 0.3 is 5.97 Å². The van der Waals surface area contributed by atoms with Gasteiger partial charge in [0.15, 0.2) is 6.10 Å². The number of ether oxygens (including phenoxy) is 2. The summed E-state index contributed by atoms with van der Waals surface area (Å²) in [6.07, 6.45) is 5.81. The Bertz CT molecular complexity index is 918. The van der Waals surface area contributed by atoms with E-state index in [4.69, 9.17) is 9.47 Å². The summed E-state index contributed by atoms with van der Waals surface area (Å²) >= 11 is 0. The molecule has 1 N–H and O–H groups in total. The number of hydrogen-bond donors (Lipinski definition) is 1. The number of carbonyl (C=O) groups is 2. The number of rotatable bonds is 6. The van der Waals surface area contributed by atoms with Crippen molar-refractivity contribution in [1.29, 1.82) is 0 Å². The molecule has 4 aliphatic carbocycles. The molecule has 2 aromatic rings. The molecule has 0 unspecified atom stereocenters. The molecule has 1 atom stereocenters. The first-order valence-corrected chi connectivity index (χ1v) is 11.3. The Morgan fingerprint density at radius 2 is 1.42 bits per heavy atom. The van der Waals surface area contributed by atoms with Crippen LogP contribution in [0.15, 0.2) is 54.6 Å². The van der Waals surface area contributed by atoms with Crippen molar-refractivity contribution in [2.24, 2.45) is 23.2 Å². The van der Waals surface area contributed by atoms with Gasteiger partial charge in [-0.1, -0.05) is 18.2 Å². The Hall–Kier alpha value is -2.82. The van der Waals surface area contributed by atoms with Crippen LogP contribution in [-0.4, -0.2) is 18.0 Å². The lowest BCUT2D eigenvalue weighted by molar-refractivity contribution is -0.177. The van der Waals surface area contributed by atoms with Crippen molar-refractivity contribution in [3.8, 4) is 11.5 Å². The van der Waals surface area contributed by atoms with E-state index in [-0.39, 0.29) is 17.3 Å². The monoisotopic (exact) mass is 419 g/mol. The average molecular weight is 420 g/mol. The Kier molecular flexibility index (Phi) is 5.20. The summed E-state index contributed by atoms with van der Waals surface area (Å²) in [5.74, 6) is 2.96. The molecule has 5 heteroatoms. The molecular formula is C26H29NO4. The van der Waals surface area contributed by atoms with Crippen molar-refractivity contribution in [2.75, 3.05) is 5.32 Å². The first-order chi connectivity index (χ1) is 15.0. The maximum absolute atomic E-state index is 13.1. The number of hydrogen-bond acceptors (Lipinski definition) is 4. The molecule has 6 rings (SSSR count). The number of esters is 1. The summed E-state index contributed by atoms with van der Waals surface area (Å²) in [4.78, 5) is 25.7. The van der Waals surface area contributed by atoms with Crippen molar-refractivity contribution in [1.82, 2.24) is 0 Å². The van der Waals surface area contributed by atoms with Gasteiger partial charge in [0.2, 0.25) is 0 Å². The Morgan fingerprint density at radius 1 is 0.871 bits per heavy atom. The Balaban J connectivity index is 1.17. The van der Waals surface area contributed by atoms with Crippen molar-refractivity contribution >= 4 is 17.6 Å². The second kappa shape index (κ2) is 8.03. The minimum Gasteiger partial charge on any atom is -0.457 e. The third kappa shape index (κ3) is 4.18. The summed E-state index contributed by atoms with van der Waals surface area (Å²) in [6.45, 7) is 1.65. The lowest BCUT2D eigenvalue weighted by atomic mass is 9.49. The summed E-state index contributed by atoms with van der Waals surface area (Å²) in [5, 5.41) is 2.84. The van der Waals surface area contributed by atoms with Crippen molar-refractivity contribution in [3.05, 3.63) is 54.6 Å². The average Bonchev–Trinajstić information content (AvgIpc) is 2.75. The molecule has 0 saturated heterocycles. The van der Waals surface area contributed by atoms with E-state index in [1.165, 1.54) is 19.3 Å². The molecule has 4 aliphatic rings. The fourth-order valence-electron chi connectivity index (χ4n) is 6.17. The van der Waals surface area contributed by atoms with Gasteiger partial charge in [-0.25, -0.2) is 0 Å². The van der Waals surface area contributed by atoms with E-state index < -0.39 is 6.10 Å². The van der Waals surface area contributed by atoms with Gasteiger partial charge in [0.25, 0.3) is 5.91 Å². The number of carbonyl (C=O) groups excluding carboxylic acids is 2. The number of anilines is 1. The molecule has 0 aromatic heterocycles. The van der Waals surface area contributed by atoms with E-state index in [1.54, 1.807) is 31.2 Å². The van der Waals surface area contributed by atoms with E-state index in [1.807, 2.05) is 30.3 Å². The van der Waals surface area contributed by atoms with E-state index in [9.17, 15) is 9.59 Å². The molecule has 0 spiro atoms. The molecule has 4 saturated carbocycles. The standard InChI is InChI=1S/C26H29NO4/c1-17(30-25(29)26-14-18-11-19(15-26)13-20(12-18)16-26)24(28)27-21-7-9-23(10-8-21)31-22-5-3-2-4-6-22/h2-10,17-20H,11-16H2,1H3,(H,27,28)/t17-,18?,19?,20?,26?/m1/s1. The first kappa shape index (κ1) is 20.1. The summed E-state index contributed by atoms with van der Waals surface area (Å²) < 4.78 is 11.5. The molecule has 4 fully saturated rings. The summed E-state index contributed by atoms with van der Waals surface area (Å²) in [6, 6.07) is 16.7. The van der Waals surface area contributed by atoms with Crippen LogP contribution in [0.5, 0.6) is 11.5 Å². The Morgan fingerprint density at radius 3 is 2.00 bits per heavy atom. The van der Waals surface area contributed by atoms with Crippen LogP contribution < -0.4 is 10.1 Å². The fourth-order valence-corrected chi connectivity index (χ4v) is 6.17. The zero-order valence-corrected chi connectivity index (χ0v) is 17.9. The quantitative estimate of drug-likeness (QED) is 0.622. The van der Waals surface area contributed by atoms with Gasteiger partial charge in [0, 0.05) is 5.69 Å². The van der Waals surface area contributed by atoms with Crippen LogP contribution >= 0.6 is 0 Å². The van der Waals surface area contributed by atoms with Crippen molar-refractivity contribution in [2.45, 2.75) is 51.6 Å². The highest BCUT2D eigenvalue weighted by atomic mass is 16.5. The van der Waals surface area contributed by atoms with Gasteiger partial charge in [0.1, 0.15) is 11.5 Å². The first-order valence-electron chi connectivity index (χ1n) is 11.3. The van der Waals surface area contributed by atoms with E-state index in [0.29, 0.717) is 29.2 Å². The minimum absolute atomic E-state index is 0.166. The highest BCUT2D eigenvalue weighted by Gasteiger charge is 2.55. The predicted molar refractivity (Wildman–Crippen MR) is 118 cm³/mol. The zero-order valence-electron chi connectivity index (χ0n) is 17.9. The van der Waals surface area contributed by atoms with Gasteiger partial charge < -0.3 is 14.8 Å². The smallest absolute Gasteiger partial charge is 0.312 e. The number of benzene rings is 2. The predicted octanol–water partition coefficient (Wildman–Crippen LogP) is 5.57. The summed E-state index contributed by atoms with van der Waals surface area (Å²) in [7, 11) is 0. The highest BCUT2D eigenvalue weighted by Crippen LogP contribution is 2.60. The van der Waals surface area contributed by atoms with Crippen molar-refractivity contribution in [3.63, 3.8) is 0 Å². The molecular weight excluding hydrogens is 390 g/mol. The van der Waals surface area contributed by atoms with Crippen LogP contribution in [0, 0.1) is 23.2 Å². The third-order valence-electron chi connectivity index (χ3n) is 7.23. The molecule has 5 nitrogen and oxygen atoms in total. The lowest BCUT2D eigenvalue weighted by Crippen LogP contribution is -2.51. The highest BCUT2D eigenvalue weighted by molar-refractivity contribution is 5.95. The van der Waals surface area contributed by atoms with E-state index >= 15 is 0 Å². The Labute approximate surface area is 183 Å².